The van der Waals surface area contributed by atoms with E-state index in [2.05, 4.69) is 25.7 Å². The van der Waals surface area contributed by atoms with Gasteiger partial charge in [-0.3, -0.25) is 4.79 Å². The summed E-state index contributed by atoms with van der Waals surface area (Å²) in [7, 11) is 0. The Morgan fingerprint density at radius 3 is 2.59 bits per heavy atom. The van der Waals surface area contributed by atoms with Gasteiger partial charge in [0.15, 0.2) is 11.3 Å². The SMILES string of the molecule is N#CC[C@@H](c1cnn2cc([C@@H](NC(=O)c3nonc3C3CC3)C3CCC(=C(F)F)CC3)nc2c1)N1C[C@@H](C(F)(F)F)NC1=O. The molecule has 12 nitrogen and oxygen atoms in total. The number of urea groups is 1. The van der Waals surface area contributed by atoms with Crippen LogP contribution in [0, 0.1) is 17.2 Å². The summed E-state index contributed by atoms with van der Waals surface area (Å²) in [6.07, 6.45) is -1.02. The first-order valence-electron chi connectivity index (χ1n) is 14.1. The van der Waals surface area contributed by atoms with Crippen molar-refractivity contribution in [1.29, 1.82) is 5.26 Å². The van der Waals surface area contributed by atoms with Gasteiger partial charge in [0, 0.05) is 5.92 Å². The molecule has 232 valence electrons. The van der Waals surface area contributed by atoms with Gasteiger partial charge in [-0.25, -0.2) is 18.9 Å². The van der Waals surface area contributed by atoms with E-state index < -0.39 is 48.9 Å². The molecule has 3 fully saturated rings. The quantitative estimate of drug-likeness (QED) is 0.344. The maximum Gasteiger partial charge on any atom is 0.410 e. The highest BCUT2D eigenvalue weighted by atomic mass is 19.4. The third-order valence-electron chi connectivity index (χ3n) is 8.41. The molecule has 0 unspecified atom stereocenters. The van der Waals surface area contributed by atoms with Crippen LogP contribution < -0.4 is 10.6 Å². The highest BCUT2D eigenvalue weighted by molar-refractivity contribution is 5.93. The van der Waals surface area contributed by atoms with Crippen molar-refractivity contribution in [2.75, 3.05) is 6.54 Å². The Balaban J connectivity index is 1.30. The molecular formula is C27H26F5N9O3. The smallest absolute Gasteiger partial charge is 0.342 e. The minimum absolute atomic E-state index is 0.0493. The number of amides is 3. The number of nitrogens with zero attached hydrogens (tertiary/aromatic N) is 7. The number of hydrogen-bond donors (Lipinski definition) is 2. The van der Waals surface area contributed by atoms with Gasteiger partial charge in [0.1, 0.15) is 11.7 Å². The number of carbonyl (C=O) groups is 2. The van der Waals surface area contributed by atoms with E-state index in [9.17, 15) is 36.8 Å². The number of nitriles is 1. The van der Waals surface area contributed by atoms with E-state index in [0.717, 1.165) is 17.7 Å². The number of fused-ring (bicyclic) bond motifs is 1. The first-order chi connectivity index (χ1) is 21.0. The molecule has 1 saturated heterocycles. The number of hydrogen-bond acceptors (Lipinski definition) is 8. The maximum absolute atomic E-state index is 13.4. The van der Waals surface area contributed by atoms with Gasteiger partial charge in [-0.05, 0) is 66.8 Å². The molecule has 3 atom stereocenters. The summed E-state index contributed by atoms with van der Waals surface area (Å²) in [5.74, 6) is -0.733. The first kappa shape index (κ1) is 29.5. The normalized spacial score (nSPS) is 22.0. The molecule has 3 aromatic rings. The van der Waals surface area contributed by atoms with Crippen LogP contribution in [-0.4, -0.2) is 60.5 Å². The molecule has 6 rings (SSSR count). The van der Waals surface area contributed by atoms with E-state index in [4.69, 9.17) is 4.63 Å². The van der Waals surface area contributed by atoms with Gasteiger partial charge in [-0.2, -0.15) is 32.3 Å². The van der Waals surface area contributed by atoms with Crippen molar-refractivity contribution in [2.45, 2.75) is 75.2 Å². The molecule has 17 heteroatoms. The lowest BCUT2D eigenvalue weighted by Crippen LogP contribution is -2.40. The number of halogens is 5. The van der Waals surface area contributed by atoms with Gasteiger partial charge >= 0.3 is 12.2 Å². The Labute approximate surface area is 246 Å². The summed E-state index contributed by atoms with van der Waals surface area (Å²) in [5.41, 5.74) is 1.50. The highest BCUT2D eigenvalue weighted by Crippen LogP contribution is 2.41. The van der Waals surface area contributed by atoms with E-state index >= 15 is 0 Å². The molecule has 0 aromatic carbocycles. The summed E-state index contributed by atoms with van der Waals surface area (Å²) in [5, 5.41) is 26.2. The lowest BCUT2D eigenvalue weighted by atomic mass is 9.80. The van der Waals surface area contributed by atoms with Crippen molar-refractivity contribution in [3.05, 3.63) is 52.8 Å². The van der Waals surface area contributed by atoms with E-state index in [1.807, 2.05) is 11.4 Å². The number of allylic oxidation sites excluding steroid dienone is 1. The summed E-state index contributed by atoms with van der Waals surface area (Å²) in [4.78, 5) is 31.4. The summed E-state index contributed by atoms with van der Waals surface area (Å²) in [6, 6.07) is -1.36. The van der Waals surface area contributed by atoms with Gasteiger partial charge in [0.25, 0.3) is 12.0 Å². The molecule has 44 heavy (non-hydrogen) atoms. The first-order valence-corrected chi connectivity index (χ1v) is 14.1. The predicted molar refractivity (Wildman–Crippen MR) is 139 cm³/mol. The fraction of sp³-hybridized carbons (Fsp3) is 0.519. The number of rotatable bonds is 8. The Morgan fingerprint density at radius 2 is 1.95 bits per heavy atom. The van der Waals surface area contributed by atoms with Crippen LogP contribution in [0.4, 0.5) is 26.7 Å². The van der Waals surface area contributed by atoms with Gasteiger partial charge in [-0.15, -0.1) is 0 Å². The Kier molecular flexibility index (Phi) is 7.68. The third kappa shape index (κ3) is 5.80. The Hall–Kier alpha value is -4.62. The lowest BCUT2D eigenvalue weighted by molar-refractivity contribution is -0.150. The van der Waals surface area contributed by atoms with Crippen LogP contribution >= 0.6 is 0 Å². The molecule has 2 saturated carbocycles. The highest BCUT2D eigenvalue weighted by Gasteiger charge is 2.48. The Bertz CT molecular complexity index is 1640. The number of imidazole rings is 1. The zero-order valence-electron chi connectivity index (χ0n) is 23.0. The van der Waals surface area contributed by atoms with Crippen LogP contribution in [0.1, 0.15) is 90.4 Å². The number of alkyl halides is 3. The minimum Gasteiger partial charge on any atom is -0.342 e. The van der Waals surface area contributed by atoms with Crippen LogP contribution in [0.15, 0.2) is 34.7 Å². The minimum atomic E-state index is -4.66. The van der Waals surface area contributed by atoms with Gasteiger partial charge in [0.05, 0.1) is 49.2 Å². The van der Waals surface area contributed by atoms with Crippen LogP contribution in [0.5, 0.6) is 0 Å². The third-order valence-corrected chi connectivity index (χ3v) is 8.41. The molecule has 2 aliphatic carbocycles. The maximum atomic E-state index is 13.4. The standard InChI is InChI=1S/C27H26F5N9O3/c28-24(29)15-5-3-13(4-6-15)21(37-25(42)23-22(14-1-2-14)38-44-39-23)17-11-41-20(35-17)9-16(10-34-41)18(7-8-33)40-12-19(27(30,31)32)36-26(40)43/h9-11,13-14,18-19,21H,1-7,12H2,(H,36,43)(H,37,42)/t18-,19-,21-/m0/s1. The van der Waals surface area contributed by atoms with Gasteiger partial charge < -0.3 is 15.5 Å². The molecular weight excluding hydrogens is 593 g/mol. The van der Waals surface area contributed by atoms with E-state index in [1.165, 1.54) is 16.8 Å². The van der Waals surface area contributed by atoms with Crippen molar-refractivity contribution >= 4 is 17.6 Å². The second-order valence-corrected chi connectivity index (χ2v) is 11.3. The topological polar surface area (TPSA) is 154 Å². The number of nitrogens with one attached hydrogen (secondary N) is 2. The van der Waals surface area contributed by atoms with Crippen LogP contribution in [0.25, 0.3) is 5.65 Å². The summed E-state index contributed by atoms with van der Waals surface area (Å²) in [6.45, 7) is -0.676. The molecule has 3 aliphatic rings. The molecule has 1 aliphatic heterocycles. The van der Waals surface area contributed by atoms with E-state index in [1.54, 1.807) is 6.20 Å². The zero-order valence-corrected chi connectivity index (χ0v) is 23.0. The van der Waals surface area contributed by atoms with Gasteiger partial charge in [-0.1, -0.05) is 5.16 Å². The van der Waals surface area contributed by atoms with Crippen molar-refractivity contribution in [3.63, 3.8) is 0 Å². The van der Waals surface area contributed by atoms with E-state index in [0.29, 0.717) is 29.8 Å². The summed E-state index contributed by atoms with van der Waals surface area (Å²) >= 11 is 0. The van der Waals surface area contributed by atoms with Crippen molar-refractivity contribution in [2.24, 2.45) is 5.92 Å². The Morgan fingerprint density at radius 1 is 1.20 bits per heavy atom. The molecule has 0 bridgehead atoms. The molecule has 4 heterocycles. The molecule has 3 amide bonds. The average Bonchev–Trinajstić information content (AvgIpc) is 3.37. The van der Waals surface area contributed by atoms with Crippen LogP contribution in [-0.2, 0) is 0 Å². The molecule has 0 spiro atoms. The predicted octanol–water partition coefficient (Wildman–Crippen LogP) is 4.71. The molecule has 2 N–H and O–H groups in total. The fourth-order valence-electron chi connectivity index (χ4n) is 5.88. The van der Waals surface area contributed by atoms with Crippen molar-refractivity contribution in [1.82, 2.24) is 40.4 Å². The van der Waals surface area contributed by atoms with Crippen molar-refractivity contribution < 1.29 is 36.2 Å². The van der Waals surface area contributed by atoms with Crippen molar-refractivity contribution in [3.8, 4) is 6.07 Å². The van der Waals surface area contributed by atoms with E-state index in [-0.39, 0.29) is 48.0 Å². The van der Waals surface area contributed by atoms with Crippen LogP contribution in [0.3, 0.4) is 0 Å². The van der Waals surface area contributed by atoms with Crippen LogP contribution in [0.2, 0.25) is 0 Å². The second-order valence-electron chi connectivity index (χ2n) is 11.3. The number of aromatic nitrogens is 5. The largest absolute Gasteiger partial charge is 0.410 e. The summed E-state index contributed by atoms with van der Waals surface area (Å²) < 4.78 is 72.6. The lowest BCUT2D eigenvalue weighted by Gasteiger charge is -2.30. The molecule has 0 radical (unpaired) electrons. The van der Waals surface area contributed by atoms with Gasteiger partial charge in [0.2, 0.25) is 0 Å². The molecule has 3 aromatic heterocycles. The average molecular weight is 620 g/mol. The second kappa shape index (κ2) is 11.5. The number of carbonyl (C=O) groups excluding carboxylic acids is 2. The fourth-order valence-corrected chi connectivity index (χ4v) is 5.88. The zero-order chi connectivity index (χ0) is 31.2. The monoisotopic (exact) mass is 619 g/mol.